The first-order valence-corrected chi connectivity index (χ1v) is 3.91. The van der Waals surface area contributed by atoms with E-state index in [2.05, 4.69) is 19.9 Å². The zero-order valence-electron chi connectivity index (χ0n) is 7.26. The summed E-state index contributed by atoms with van der Waals surface area (Å²) in [6.45, 7) is 6.20. The van der Waals surface area contributed by atoms with Crippen LogP contribution in [0.3, 0.4) is 0 Å². The Labute approximate surface area is 117 Å². The quantitative estimate of drug-likeness (QED) is 0.673. The molecule has 0 fully saturated rings. The second-order valence-electron chi connectivity index (χ2n) is 3.15. The minimum absolute atomic E-state index is 0. The summed E-state index contributed by atoms with van der Waals surface area (Å²) in [6.07, 6.45) is 0. The summed E-state index contributed by atoms with van der Waals surface area (Å²) in [5, 5.41) is 9.35. The van der Waals surface area contributed by atoms with Crippen LogP contribution in [0.5, 0.6) is 5.75 Å². The van der Waals surface area contributed by atoms with Crippen molar-refractivity contribution in [2.24, 2.45) is 0 Å². The normalized spacial score (nSPS) is 9.67. The minimum atomic E-state index is 0. The number of phenols is 1. The molecule has 62 valence electrons. The zero-order chi connectivity index (χ0) is 8.43. The van der Waals surface area contributed by atoms with Crippen LogP contribution < -0.4 is 0 Å². The predicted molar refractivity (Wildman–Crippen MR) is 54.1 cm³/mol. The van der Waals surface area contributed by atoms with Crippen molar-refractivity contribution >= 4 is 51.4 Å². The van der Waals surface area contributed by atoms with Crippen molar-refractivity contribution in [1.82, 2.24) is 0 Å². The number of aromatic hydroxyl groups is 1. The van der Waals surface area contributed by atoms with Crippen molar-refractivity contribution in [1.29, 1.82) is 0 Å². The van der Waals surface area contributed by atoms with Crippen molar-refractivity contribution in [3.05, 3.63) is 29.3 Å². The Balaban J connectivity index is 0.00000121. The molecule has 0 unspecified atom stereocenters. The molecule has 0 radical (unpaired) electrons. The number of hydrogen-bond donors (Lipinski definition) is 1. The van der Waals surface area contributed by atoms with E-state index in [9.17, 15) is 5.11 Å². The van der Waals surface area contributed by atoms with E-state index in [0.29, 0.717) is 11.7 Å². The fourth-order valence-electron chi connectivity index (χ4n) is 1.27. The van der Waals surface area contributed by atoms with Crippen LogP contribution in [0.1, 0.15) is 30.9 Å². The van der Waals surface area contributed by atoms with Crippen LogP contribution in [0.2, 0.25) is 0 Å². The van der Waals surface area contributed by atoms with Gasteiger partial charge in [-0.15, -0.1) is 0 Å². The summed E-state index contributed by atoms with van der Waals surface area (Å²) < 4.78 is 0. The maximum atomic E-state index is 9.35. The van der Waals surface area contributed by atoms with Crippen molar-refractivity contribution in [2.45, 2.75) is 26.7 Å². The second kappa shape index (κ2) is 5.40. The van der Waals surface area contributed by atoms with Crippen LogP contribution in [0, 0.1) is 6.92 Å². The molecule has 0 spiro atoms. The molecule has 0 saturated carbocycles. The Morgan fingerprint density at radius 3 is 2.25 bits per heavy atom. The van der Waals surface area contributed by atoms with Crippen LogP contribution in [0.4, 0.5) is 0 Å². The third-order valence-electron chi connectivity index (χ3n) is 1.97. The van der Waals surface area contributed by atoms with Crippen molar-refractivity contribution in [3.8, 4) is 5.75 Å². The molecule has 0 atom stereocenters. The summed E-state index contributed by atoms with van der Waals surface area (Å²) in [6, 6.07) is 5.67. The van der Waals surface area contributed by atoms with E-state index >= 15 is 0 Å². The molecule has 2 heteroatoms. The molecule has 1 rings (SSSR count). The van der Waals surface area contributed by atoms with Gasteiger partial charge >= 0.3 is 51.4 Å². The Hall–Kier alpha value is 0.656. The summed E-state index contributed by atoms with van der Waals surface area (Å²) in [5.41, 5.74) is 2.23. The van der Waals surface area contributed by atoms with Crippen LogP contribution in [0.25, 0.3) is 0 Å². The molecular formula is C10H15KO. The fourth-order valence-corrected chi connectivity index (χ4v) is 1.27. The Morgan fingerprint density at radius 2 is 1.83 bits per heavy atom. The number of hydrogen-bond acceptors (Lipinski definition) is 1. The first kappa shape index (κ1) is 12.7. The molecule has 0 aliphatic carbocycles. The van der Waals surface area contributed by atoms with E-state index in [4.69, 9.17) is 0 Å². The molecule has 12 heavy (non-hydrogen) atoms. The number of rotatable bonds is 1. The number of phenolic OH excluding ortho intramolecular Hbond substituents is 1. The van der Waals surface area contributed by atoms with Gasteiger partial charge in [-0.3, -0.25) is 0 Å². The van der Waals surface area contributed by atoms with E-state index in [1.54, 1.807) is 6.07 Å². The van der Waals surface area contributed by atoms with E-state index in [0.717, 1.165) is 5.56 Å². The third kappa shape index (κ3) is 2.85. The predicted octanol–water partition coefficient (Wildman–Crippen LogP) is 2.18. The first-order chi connectivity index (χ1) is 5.13. The molecule has 1 aromatic rings. The van der Waals surface area contributed by atoms with Gasteiger partial charge in [0.2, 0.25) is 0 Å². The Morgan fingerprint density at radius 1 is 1.25 bits per heavy atom. The summed E-state index contributed by atoms with van der Waals surface area (Å²) in [5.74, 6) is 0.887. The van der Waals surface area contributed by atoms with Gasteiger partial charge in [-0.1, -0.05) is 26.0 Å². The molecular weight excluding hydrogens is 175 g/mol. The van der Waals surface area contributed by atoms with Gasteiger partial charge in [0.25, 0.3) is 0 Å². The van der Waals surface area contributed by atoms with Crippen LogP contribution in [0.15, 0.2) is 18.2 Å². The monoisotopic (exact) mass is 190 g/mol. The molecule has 1 nitrogen and oxygen atoms in total. The fraction of sp³-hybridized carbons (Fsp3) is 0.400. The van der Waals surface area contributed by atoms with Gasteiger partial charge in [-0.05, 0) is 30.0 Å². The second-order valence-corrected chi connectivity index (χ2v) is 3.15. The SMILES string of the molecule is Cc1c(O)cccc1C(C)C.[KH]. The van der Waals surface area contributed by atoms with Crippen LogP contribution >= 0.6 is 0 Å². The van der Waals surface area contributed by atoms with E-state index in [1.807, 2.05) is 13.0 Å². The van der Waals surface area contributed by atoms with E-state index in [-0.39, 0.29) is 51.4 Å². The maximum absolute atomic E-state index is 9.35. The molecule has 0 aromatic heterocycles. The Kier molecular flexibility index (Phi) is 5.70. The summed E-state index contributed by atoms with van der Waals surface area (Å²) in [4.78, 5) is 0. The van der Waals surface area contributed by atoms with Gasteiger partial charge in [-0.25, -0.2) is 0 Å². The van der Waals surface area contributed by atoms with Crippen molar-refractivity contribution < 1.29 is 5.11 Å². The van der Waals surface area contributed by atoms with Gasteiger partial charge < -0.3 is 5.11 Å². The van der Waals surface area contributed by atoms with Gasteiger partial charge in [0.1, 0.15) is 5.75 Å². The molecule has 0 aliphatic rings. The molecule has 0 heterocycles. The first-order valence-electron chi connectivity index (χ1n) is 3.91. The molecule has 0 aliphatic heterocycles. The molecule has 0 saturated heterocycles. The Bertz CT molecular complexity index is 256. The number of benzene rings is 1. The van der Waals surface area contributed by atoms with E-state index in [1.165, 1.54) is 5.56 Å². The van der Waals surface area contributed by atoms with Gasteiger partial charge in [0.15, 0.2) is 0 Å². The molecule has 1 aromatic carbocycles. The van der Waals surface area contributed by atoms with Crippen LogP contribution in [-0.2, 0) is 0 Å². The van der Waals surface area contributed by atoms with Gasteiger partial charge in [0, 0.05) is 0 Å². The van der Waals surface area contributed by atoms with Gasteiger partial charge in [-0.2, -0.15) is 0 Å². The van der Waals surface area contributed by atoms with Crippen LogP contribution in [-0.4, -0.2) is 56.5 Å². The average molecular weight is 190 g/mol. The van der Waals surface area contributed by atoms with Crippen molar-refractivity contribution in [2.75, 3.05) is 0 Å². The van der Waals surface area contributed by atoms with Crippen molar-refractivity contribution in [3.63, 3.8) is 0 Å². The summed E-state index contributed by atoms with van der Waals surface area (Å²) >= 11 is 0. The van der Waals surface area contributed by atoms with Gasteiger partial charge in [0.05, 0.1) is 0 Å². The third-order valence-corrected chi connectivity index (χ3v) is 1.97. The average Bonchev–Trinajstić information content (AvgIpc) is 1.94. The molecule has 1 N–H and O–H groups in total. The van der Waals surface area contributed by atoms with E-state index < -0.39 is 0 Å². The topological polar surface area (TPSA) is 20.2 Å². The zero-order valence-corrected chi connectivity index (χ0v) is 7.26. The summed E-state index contributed by atoms with van der Waals surface area (Å²) in [7, 11) is 0. The molecule has 0 bridgehead atoms. The molecule has 0 amide bonds. The standard InChI is InChI=1S/C10H14O.K.H/c1-7(2)9-5-4-6-10(11)8(9)3;;/h4-7,11H,1-3H3;;.